The molecule has 1 heterocycles. The fraction of sp³-hybridized carbons (Fsp3) is 0.200. The van der Waals surface area contributed by atoms with E-state index in [1.807, 2.05) is 0 Å². The van der Waals surface area contributed by atoms with Crippen molar-refractivity contribution in [3.8, 4) is 0 Å². The van der Waals surface area contributed by atoms with Crippen molar-refractivity contribution in [1.82, 2.24) is 4.72 Å². The first kappa shape index (κ1) is 15.0. The van der Waals surface area contributed by atoms with Gasteiger partial charge in [0.2, 0.25) is 10.0 Å². The molecular weight excluding hydrogens is 378 g/mol. The summed E-state index contributed by atoms with van der Waals surface area (Å²) in [6, 6.07) is 3.58. The van der Waals surface area contributed by atoms with Gasteiger partial charge in [0.25, 0.3) is 0 Å². The van der Waals surface area contributed by atoms with E-state index in [0.29, 0.717) is 4.47 Å². The molecule has 1 aromatic rings. The van der Waals surface area contributed by atoms with E-state index in [4.69, 9.17) is 11.6 Å². The van der Waals surface area contributed by atoms with Gasteiger partial charge in [-0.05, 0) is 18.2 Å². The molecule has 1 aliphatic heterocycles. The van der Waals surface area contributed by atoms with E-state index in [2.05, 4.69) is 20.7 Å². The monoisotopic (exact) mass is 385 g/mol. The summed E-state index contributed by atoms with van der Waals surface area (Å²) in [5, 5.41) is 1.07. The third-order valence-corrected chi connectivity index (χ3v) is 6.28. The maximum atomic E-state index is 12.1. The van der Waals surface area contributed by atoms with Crippen LogP contribution in [0.5, 0.6) is 0 Å². The van der Waals surface area contributed by atoms with Crippen LogP contribution in [0.2, 0.25) is 5.02 Å². The van der Waals surface area contributed by atoms with Crippen LogP contribution in [0.4, 0.5) is 0 Å². The van der Waals surface area contributed by atoms with Gasteiger partial charge in [0.1, 0.15) is 4.90 Å². The standard InChI is InChI=1S/C10H9BrClNO4S2/c11-7-1-2-10(9(12)5-7)19(16,17)13-8-3-4-18(14,15)6-8/h1-5,8,13H,6H2. The Morgan fingerprint density at radius 3 is 2.58 bits per heavy atom. The Labute approximate surface area is 124 Å². The van der Waals surface area contributed by atoms with Gasteiger partial charge in [0.15, 0.2) is 9.84 Å². The molecule has 1 unspecified atom stereocenters. The van der Waals surface area contributed by atoms with Crippen molar-refractivity contribution in [2.75, 3.05) is 5.75 Å². The molecule has 0 amide bonds. The van der Waals surface area contributed by atoms with Crippen molar-refractivity contribution in [3.05, 3.63) is 39.2 Å². The summed E-state index contributed by atoms with van der Waals surface area (Å²) < 4.78 is 49.6. The molecule has 1 aromatic carbocycles. The number of nitrogens with one attached hydrogen (secondary N) is 1. The van der Waals surface area contributed by atoms with E-state index in [1.54, 1.807) is 6.07 Å². The number of sulfone groups is 1. The Morgan fingerprint density at radius 2 is 2.05 bits per heavy atom. The molecule has 0 fully saturated rings. The van der Waals surface area contributed by atoms with Crippen LogP contribution in [0.25, 0.3) is 0 Å². The average Bonchev–Trinajstić information content (AvgIpc) is 2.56. The lowest BCUT2D eigenvalue weighted by Crippen LogP contribution is -2.35. The van der Waals surface area contributed by atoms with Crippen molar-refractivity contribution in [2.24, 2.45) is 0 Å². The van der Waals surface area contributed by atoms with E-state index in [1.165, 1.54) is 18.2 Å². The lowest BCUT2D eigenvalue weighted by molar-refractivity contribution is 0.575. The van der Waals surface area contributed by atoms with Crippen LogP contribution in [-0.4, -0.2) is 28.6 Å². The van der Waals surface area contributed by atoms with Crippen LogP contribution in [0.15, 0.2) is 39.1 Å². The summed E-state index contributed by atoms with van der Waals surface area (Å²) in [6.07, 6.45) is 1.31. The number of rotatable bonds is 3. The van der Waals surface area contributed by atoms with E-state index >= 15 is 0 Å². The molecule has 0 bridgehead atoms. The molecule has 0 radical (unpaired) electrons. The van der Waals surface area contributed by atoms with Crippen LogP contribution in [0.3, 0.4) is 0 Å². The minimum Gasteiger partial charge on any atom is -0.224 e. The predicted molar refractivity (Wildman–Crippen MR) is 76.2 cm³/mol. The molecule has 104 valence electrons. The fourth-order valence-electron chi connectivity index (χ4n) is 1.61. The summed E-state index contributed by atoms with van der Waals surface area (Å²) in [6.45, 7) is 0. The highest BCUT2D eigenvalue weighted by atomic mass is 79.9. The first-order chi connectivity index (χ1) is 8.70. The maximum absolute atomic E-state index is 12.1. The molecule has 0 aromatic heterocycles. The molecular formula is C10H9BrClNO4S2. The van der Waals surface area contributed by atoms with Gasteiger partial charge in [-0.25, -0.2) is 21.6 Å². The molecule has 1 aliphatic rings. The molecule has 2 rings (SSSR count). The molecule has 0 saturated heterocycles. The second-order valence-corrected chi connectivity index (χ2v) is 8.90. The molecule has 1 N–H and O–H groups in total. The van der Waals surface area contributed by atoms with Gasteiger partial charge in [0.05, 0.1) is 16.8 Å². The molecule has 0 spiro atoms. The van der Waals surface area contributed by atoms with Crippen molar-refractivity contribution < 1.29 is 16.8 Å². The van der Waals surface area contributed by atoms with E-state index in [-0.39, 0.29) is 15.7 Å². The van der Waals surface area contributed by atoms with Crippen molar-refractivity contribution in [1.29, 1.82) is 0 Å². The number of benzene rings is 1. The summed E-state index contributed by atoms with van der Waals surface area (Å²) in [4.78, 5) is -0.0879. The van der Waals surface area contributed by atoms with Crippen molar-refractivity contribution in [2.45, 2.75) is 10.9 Å². The molecule has 19 heavy (non-hydrogen) atoms. The Kier molecular flexibility index (Phi) is 4.08. The lowest BCUT2D eigenvalue weighted by Gasteiger charge is -2.12. The number of hydrogen-bond donors (Lipinski definition) is 1. The molecule has 0 aliphatic carbocycles. The van der Waals surface area contributed by atoms with Gasteiger partial charge in [-0.15, -0.1) is 0 Å². The first-order valence-electron chi connectivity index (χ1n) is 5.08. The van der Waals surface area contributed by atoms with E-state index < -0.39 is 25.9 Å². The van der Waals surface area contributed by atoms with Crippen LogP contribution >= 0.6 is 27.5 Å². The zero-order chi connectivity index (χ0) is 14.3. The smallest absolute Gasteiger partial charge is 0.224 e. The quantitative estimate of drug-likeness (QED) is 0.857. The van der Waals surface area contributed by atoms with Crippen LogP contribution < -0.4 is 4.72 Å². The Hall–Kier alpha value is -0.410. The number of halogens is 2. The number of hydrogen-bond acceptors (Lipinski definition) is 4. The highest BCUT2D eigenvalue weighted by Crippen LogP contribution is 2.25. The van der Waals surface area contributed by atoms with E-state index in [9.17, 15) is 16.8 Å². The third-order valence-electron chi connectivity index (χ3n) is 2.42. The molecule has 5 nitrogen and oxygen atoms in total. The summed E-state index contributed by atoms with van der Waals surface area (Å²) >= 11 is 9.05. The van der Waals surface area contributed by atoms with Crippen LogP contribution in [-0.2, 0) is 19.9 Å². The summed E-state index contributed by atoms with van der Waals surface area (Å²) in [5.41, 5.74) is 0. The van der Waals surface area contributed by atoms with Gasteiger partial charge in [-0.1, -0.05) is 33.6 Å². The zero-order valence-electron chi connectivity index (χ0n) is 9.38. The maximum Gasteiger partial charge on any atom is 0.242 e. The molecule has 1 atom stereocenters. The first-order valence-corrected chi connectivity index (χ1v) is 9.45. The third kappa shape index (κ3) is 3.57. The average molecular weight is 387 g/mol. The molecule has 0 saturated carbocycles. The normalized spacial score (nSPS) is 21.7. The topological polar surface area (TPSA) is 80.3 Å². The van der Waals surface area contributed by atoms with Gasteiger partial charge in [-0.3, -0.25) is 0 Å². The van der Waals surface area contributed by atoms with Gasteiger partial charge >= 0.3 is 0 Å². The second-order valence-electron chi connectivity index (χ2n) is 3.96. The second kappa shape index (κ2) is 5.17. The van der Waals surface area contributed by atoms with Crippen LogP contribution in [0.1, 0.15) is 0 Å². The van der Waals surface area contributed by atoms with Gasteiger partial charge < -0.3 is 0 Å². The van der Waals surface area contributed by atoms with Crippen LogP contribution in [0, 0.1) is 0 Å². The van der Waals surface area contributed by atoms with Crippen molar-refractivity contribution in [3.63, 3.8) is 0 Å². The Morgan fingerprint density at radius 1 is 1.37 bits per heavy atom. The minimum atomic E-state index is -3.86. The molecule has 9 heteroatoms. The minimum absolute atomic E-state index is 0.0618. The lowest BCUT2D eigenvalue weighted by atomic mass is 10.4. The van der Waals surface area contributed by atoms with Gasteiger partial charge in [0, 0.05) is 9.88 Å². The highest BCUT2D eigenvalue weighted by Gasteiger charge is 2.27. The SMILES string of the molecule is O=S1(=O)C=CC(NS(=O)(=O)c2ccc(Br)cc2Cl)C1. The number of sulfonamides is 1. The van der Waals surface area contributed by atoms with Crippen molar-refractivity contribution >= 4 is 47.4 Å². The fourth-order valence-corrected chi connectivity index (χ4v) is 5.17. The Bertz CT molecular complexity index is 743. The largest absolute Gasteiger partial charge is 0.242 e. The Balaban J connectivity index is 2.27. The summed E-state index contributed by atoms with van der Waals surface area (Å²) in [5.74, 6) is -0.277. The van der Waals surface area contributed by atoms with E-state index in [0.717, 1.165) is 5.41 Å². The predicted octanol–water partition coefficient (Wildman–Crippen LogP) is 1.69. The van der Waals surface area contributed by atoms with Gasteiger partial charge in [-0.2, -0.15) is 0 Å². The summed E-state index contributed by atoms with van der Waals surface area (Å²) in [7, 11) is -7.17. The highest BCUT2D eigenvalue weighted by molar-refractivity contribution is 9.10. The zero-order valence-corrected chi connectivity index (χ0v) is 13.4.